The van der Waals surface area contributed by atoms with Crippen LogP contribution in [0, 0.1) is 5.92 Å². The Bertz CT molecular complexity index is 989. The molecular weight excluding hydrogens is 374 g/mol. The number of ether oxygens (including phenoxy) is 1. The van der Waals surface area contributed by atoms with Crippen molar-refractivity contribution in [3.63, 3.8) is 0 Å². The number of nitrogens with one attached hydrogen (secondary N) is 1. The summed E-state index contributed by atoms with van der Waals surface area (Å²) < 4.78 is 7.82. The van der Waals surface area contributed by atoms with Crippen LogP contribution in [0.1, 0.15) is 49.9 Å². The van der Waals surface area contributed by atoms with Crippen LogP contribution in [0.2, 0.25) is 0 Å². The first-order valence-corrected chi connectivity index (χ1v) is 11.1. The largest absolute Gasteiger partial charge is 0.496 e. The number of carbonyl (C=O) groups is 1. The highest BCUT2D eigenvalue weighted by Crippen LogP contribution is 2.25. The lowest BCUT2D eigenvalue weighted by atomic mass is 9.89. The van der Waals surface area contributed by atoms with Gasteiger partial charge in [0.15, 0.2) is 0 Å². The van der Waals surface area contributed by atoms with Gasteiger partial charge >= 0.3 is 0 Å². The van der Waals surface area contributed by atoms with E-state index in [1.807, 2.05) is 24.3 Å². The Labute approximate surface area is 178 Å². The standard InChI is InChI=1S/C25H31N3O2/c1-30-23-15-8-5-12-20(23)18-28-22-14-7-6-13-21(22)27-24(28)16-9-17-26-25(29)19-10-3-2-4-11-19/h5-8,12-15,19H,2-4,9-11,16-18H2,1H3,(H,26,29). The SMILES string of the molecule is COc1ccccc1Cn1c(CCCNC(=O)C2CCCCC2)nc2ccccc21. The summed E-state index contributed by atoms with van der Waals surface area (Å²) in [6.45, 7) is 1.42. The summed E-state index contributed by atoms with van der Waals surface area (Å²) in [5.41, 5.74) is 3.27. The normalized spacial score (nSPS) is 14.7. The number of rotatable bonds is 8. The summed E-state index contributed by atoms with van der Waals surface area (Å²) in [5, 5.41) is 3.15. The molecular formula is C25H31N3O2. The number of aryl methyl sites for hydroxylation is 1. The van der Waals surface area contributed by atoms with Crippen molar-refractivity contribution in [2.75, 3.05) is 13.7 Å². The molecule has 1 fully saturated rings. The van der Waals surface area contributed by atoms with Gasteiger partial charge in [0, 0.05) is 24.4 Å². The van der Waals surface area contributed by atoms with Gasteiger partial charge in [-0.15, -0.1) is 0 Å². The van der Waals surface area contributed by atoms with E-state index in [0.29, 0.717) is 13.1 Å². The highest BCUT2D eigenvalue weighted by Gasteiger charge is 2.20. The number of fused-ring (bicyclic) bond motifs is 1. The molecule has 1 aromatic heterocycles. The Morgan fingerprint density at radius 1 is 1.10 bits per heavy atom. The molecule has 0 atom stereocenters. The third-order valence-electron chi connectivity index (χ3n) is 6.11. The molecule has 0 bridgehead atoms. The first kappa shape index (κ1) is 20.5. The molecule has 5 nitrogen and oxygen atoms in total. The molecule has 0 aliphatic heterocycles. The van der Waals surface area contributed by atoms with Crippen molar-refractivity contribution in [1.82, 2.24) is 14.9 Å². The molecule has 4 rings (SSSR count). The Hall–Kier alpha value is -2.82. The van der Waals surface area contributed by atoms with Crippen molar-refractivity contribution in [1.29, 1.82) is 0 Å². The Kier molecular flexibility index (Phi) is 6.67. The summed E-state index contributed by atoms with van der Waals surface area (Å²) in [7, 11) is 1.71. The van der Waals surface area contributed by atoms with Crippen LogP contribution in [-0.4, -0.2) is 29.1 Å². The number of hydrogen-bond donors (Lipinski definition) is 1. The topological polar surface area (TPSA) is 56.1 Å². The minimum atomic E-state index is 0.217. The van der Waals surface area contributed by atoms with E-state index in [0.717, 1.165) is 53.9 Å². The smallest absolute Gasteiger partial charge is 0.223 e. The van der Waals surface area contributed by atoms with E-state index < -0.39 is 0 Å². The predicted octanol–water partition coefficient (Wildman–Crippen LogP) is 4.72. The quantitative estimate of drug-likeness (QED) is 0.552. The van der Waals surface area contributed by atoms with Gasteiger partial charge in [0.1, 0.15) is 11.6 Å². The summed E-state index contributed by atoms with van der Waals surface area (Å²) in [6, 6.07) is 16.4. The van der Waals surface area contributed by atoms with Crippen molar-refractivity contribution in [3.8, 4) is 5.75 Å². The number of carbonyl (C=O) groups excluding carboxylic acids is 1. The maximum atomic E-state index is 12.4. The van der Waals surface area contributed by atoms with Crippen molar-refractivity contribution in [2.45, 2.75) is 51.5 Å². The summed E-state index contributed by atoms with van der Waals surface area (Å²) in [6.07, 6.45) is 7.44. The van der Waals surface area contributed by atoms with Crippen LogP contribution in [0.4, 0.5) is 0 Å². The first-order chi connectivity index (χ1) is 14.8. The second kappa shape index (κ2) is 9.79. The van der Waals surface area contributed by atoms with Crippen LogP contribution < -0.4 is 10.1 Å². The number of methoxy groups -OCH3 is 1. The van der Waals surface area contributed by atoms with Gasteiger partial charge in [-0.3, -0.25) is 4.79 Å². The number of benzene rings is 2. The molecule has 1 aliphatic carbocycles. The van der Waals surface area contributed by atoms with Gasteiger partial charge in [-0.25, -0.2) is 4.98 Å². The minimum Gasteiger partial charge on any atom is -0.496 e. The number of amides is 1. The number of aromatic nitrogens is 2. The third kappa shape index (κ3) is 4.66. The van der Waals surface area contributed by atoms with E-state index in [1.165, 1.54) is 19.3 Å². The fourth-order valence-corrected chi connectivity index (χ4v) is 4.46. The Morgan fingerprint density at radius 3 is 2.70 bits per heavy atom. The maximum Gasteiger partial charge on any atom is 0.223 e. The van der Waals surface area contributed by atoms with Crippen LogP contribution in [0.5, 0.6) is 5.75 Å². The average Bonchev–Trinajstić information content (AvgIpc) is 3.15. The molecule has 1 saturated carbocycles. The van der Waals surface area contributed by atoms with Gasteiger partial charge in [0.25, 0.3) is 0 Å². The summed E-state index contributed by atoms with van der Waals surface area (Å²) in [5.74, 6) is 2.39. The second-order valence-electron chi connectivity index (χ2n) is 8.14. The average molecular weight is 406 g/mol. The third-order valence-corrected chi connectivity index (χ3v) is 6.11. The summed E-state index contributed by atoms with van der Waals surface area (Å²) >= 11 is 0. The number of hydrogen-bond acceptors (Lipinski definition) is 3. The highest BCUT2D eigenvalue weighted by molar-refractivity contribution is 5.78. The lowest BCUT2D eigenvalue weighted by Gasteiger charge is -2.20. The molecule has 1 aliphatic rings. The molecule has 1 N–H and O–H groups in total. The lowest BCUT2D eigenvalue weighted by Crippen LogP contribution is -2.32. The van der Waals surface area contributed by atoms with Gasteiger partial charge in [-0.1, -0.05) is 49.6 Å². The Morgan fingerprint density at radius 2 is 1.87 bits per heavy atom. The zero-order chi connectivity index (χ0) is 20.8. The molecule has 0 radical (unpaired) electrons. The van der Waals surface area contributed by atoms with Crippen LogP contribution in [-0.2, 0) is 17.8 Å². The van der Waals surface area contributed by atoms with Gasteiger partial charge in [0.05, 0.1) is 24.7 Å². The second-order valence-corrected chi connectivity index (χ2v) is 8.14. The number of nitrogens with zero attached hydrogens (tertiary/aromatic N) is 2. The van der Waals surface area contributed by atoms with Gasteiger partial charge in [0.2, 0.25) is 5.91 Å². The van der Waals surface area contributed by atoms with Crippen LogP contribution >= 0.6 is 0 Å². The molecule has 3 aromatic rings. The van der Waals surface area contributed by atoms with E-state index in [1.54, 1.807) is 7.11 Å². The predicted molar refractivity (Wildman–Crippen MR) is 120 cm³/mol. The molecule has 0 unspecified atom stereocenters. The van der Waals surface area contributed by atoms with E-state index >= 15 is 0 Å². The molecule has 1 heterocycles. The van der Waals surface area contributed by atoms with E-state index in [4.69, 9.17) is 9.72 Å². The van der Waals surface area contributed by atoms with Gasteiger partial charge in [-0.05, 0) is 37.5 Å². The monoisotopic (exact) mass is 405 g/mol. The van der Waals surface area contributed by atoms with Crippen molar-refractivity contribution in [2.24, 2.45) is 5.92 Å². The van der Waals surface area contributed by atoms with Gasteiger partial charge < -0.3 is 14.6 Å². The van der Waals surface area contributed by atoms with Crippen LogP contribution in [0.15, 0.2) is 48.5 Å². The highest BCUT2D eigenvalue weighted by atomic mass is 16.5. The zero-order valence-corrected chi connectivity index (χ0v) is 17.8. The number of para-hydroxylation sites is 3. The molecule has 0 spiro atoms. The first-order valence-electron chi connectivity index (χ1n) is 11.1. The molecule has 5 heteroatoms. The molecule has 2 aromatic carbocycles. The van der Waals surface area contributed by atoms with Crippen molar-refractivity contribution < 1.29 is 9.53 Å². The molecule has 158 valence electrons. The van der Waals surface area contributed by atoms with Crippen LogP contribution in [0.25, 0.3) is 11.0 Å². The fourth-order valence-electron chi connectivity index (χ4n) is 4.46. The minimum absolute atomic E-state index is 0.217. The van der Waals surface area contributed by atoms with E-state index in [-0.39, 0.29) is 11.8 Å². The van der Waals surface area contributed by atoms with Gasteiger partial charge in [-0.2, -0.15) is 0 Å². The van der Waals surface area contributed by atoms with Crippen molar-refractivity contribution >= 4 is 16.9 Å². The molecule has 30 heavy (non-hydrogen) atoms. The van der Waals surface area contributed by atoms with Crippen molar-refractivity contribution in [3.05, 3.63) is 59.9 Å². The van der Waals surface area contributed by atoms with E-state index in [9.17, 15) is 4.79 Å². The van der Waals surface area contributed by atoms with Crippen LogP contribution in [0.3, 0.4) is 0 Å². The zero-order valence-electron chi connectivity index (χ0n) is 17.8. The maximum absolute atomic E-state index is 12.4. The molecule has 1 amide bonds. The lowest BCUT2D eigenvalue weighted by molar-refractivity contribution is -0.125. The number of imidazole rings is 1. The molecule has 0 saturated heterocycles. The van der Waals surface area contributed by atoms with E-state index in [2.05, 4.69) is 34.1 Å². The fraction of sp³-hybridized carbons (Fsp3) is 0.440. The Balaban J connectivity index is 1.44. The summed E-state index contributed by atoms with van der Waals surface area (Å²) in [4.78, 5) is 17.3.